The number of sulfonamides is 1. The van der Waals surface area contributed by atoms with Gasteiger partial charge in [0, 0.05) is 36.9 Å². The standard InChI is InChI=1S/C21H24ClN3O3S/c22-18-5-7-19(8-6-18)23-21(26)15-24-10-12-25(13-11-24)29(27,28)20-9-4-16-2-1-3-17(16)14-20/h4-9,14H,1-3,10-13,15H2,(H,23,26). The number of piperazine rings is 1. The van der Waals surface area contributed by atoms with Crippen LogP contribution in [0.15, 0.2) is 47.4 Å². The van der Waals surface area contributed by atoms with Crippen LogP contribution in [-0.2, 0) is 27.7 Å². The third-order valence-corrected chi connectivity index (χ3v) is 7.68. The molecule has 0 bridgehead atoms. The van der Waals surface area contributed by atoms with Gasteiger partial charge in [0.25, 0.3) is 0 Å². The Morgan fingerprint density at radius 2 is 1.66 bits per heavy atom. The number of carbonyl (C=O) groups is 1. The van der Waals surface area contributed by atoms with Gasteiger partial charge in [0.15, 0.2) is 0 Å². The molecule has 0 spiro atoms. The number of aryl methyl sites for hydroxylation is 2. The molecule has 1 aliphatic carbocycles. The van der Waals surface area contributed by atoms with Crippen LogP contribution >= 0.6 is 11.6 Å². The maximum atomic E-state index is 13.0. The predicted octanol–water partition coefficient (Wildman–Crippen LogP) is 2.77. The van der Waals surface area contributed by atoms with E-state index < -0.39 is 10.0 Å². The second-order valence-electron chi connectivity index (χ2n) is 7.52. The van der Waals surface area contributed by atoms with E-state index >= 15 is 0 Å². The molecule has 0 radical (unpaired) electrons. The summed E-state index contributed by atoms with van der Waals surface area (Å²) < 4.78 is 27.5. The van der Waals surface area contributed by atoms with E-state index in [4.69, 9.17) is 11.6 Å². The van der Waals surface area contributed by atoms with Crippen molar-refractivity contribution in [2.24, 2.45) is 0 Å². The SMILES string of the molecule is O=C(CN1CCN(S(=O)(=O)c2ccc3c(c2)CCC3)CC1)Nc1ccc(Cl)cc1. The molecule has 2 aromatic carbocycles. The summed E-state index contributed by atoms with van der Waals surface area (Å²) >= 11 is 5.85. The molecular weight excluding hydrogens is 410 g/mol. The Morgan fingerprint density at radius 3 is 2.38 bits per heavy atom. The molecule has 8 heteroatoms. The van der Waals surface area contributed by atoms with Gasteiger partial charge < -0.3 is 5.32 Å². The summed E-state index contributed by atoms with van der Waals surface area (Å²) in [5.41, 5.74) is 3.11. The van der Waals surface area contributed by atoms with Crippen LogP contribution in [0, 0.1) is 0 Å². The number of hydrogen-bond acceptors (Lipinski definition) is 4. The third-order valence-electron chi connectivity index (χ3n) is 5.53. The van der Waals surface area contributed by atoms with Crippen LogP contribution in [0.2, 0.25) is 5.02 Å². The lowest BCUT2D eigenvalue weighted by Crippen LogP contribution is -2.50. The molecule has 154 valence electrons. The summed E-state index contributed by atoms with van der Waals surface area (Å²) in [6, 6.07) is 12.5. The number of anilines is 1. The van der Waals surface area contributed by atoms with Crippen LogP contribution in [0.4, 0.5) is 5.69 Å². The largest absolute Gasteiger partial charge is 0.325 e. The fraction of sp³-hybridized carbons (Fsp3) is 0.381. The summed E-state index contributed by atoms with van der Waals surface area (Å²) in [4.78, 5) is 14.6. The average molecular weight is 434 g/mol. The number of rotatable bonds is 5. The highest BCUT2D eigenvalue weighted by molar-refractivity contribution is 7.89. The van der Waals surface area contributed by atoms with E-state index in [1.54, 1.807) is 30.3 Å². The molecule has 1 saturated heterocycles. The summed E-state index contributed by atoms with van der Waals surface area (Å²) in [6.07, 6.45) is 3.08. The lowest BCUT2D eigenvalue weighted by atomic mass is 10.1. The first kappa shape index (κ1) is 20.3. The summed E-state index contributed by atoms with van der Waals surface area (Å²) in [5, 5.41) is 3.45. The van der Waals surface area contributed by atoms with Gasteiger partial charge in [-0.25, -0.2) is 8.42 Å². The molecule has 0 unspecified atom stereocenters. The topological polar surface area (TPSA) is 69.7 Å². The summed E-state index contributed by atoms with van der Waals surface area (Å²) in [7, 11) is -3.49. The van der Waals surface area contributed by atoms with Crippen molar-refractivity contribution >= 4 is 33.2 Å². The first-order chi connectivity index (χ1) is 13.9. The first-order valence-corrected chi connectivity index (χ1v) is 11.6. The van der Waals surface area contributed by atoms with Gasteiger partial charge >= 0.3 is 0 Å². The van der Waals surface area contributed by atoms with Gasteiger partial charge in [-0.3, -0.25) is 9.69 Å². The van der Waals surface area contributed by atoms with Gasteiger partial charge in [0.2, 0.25) is 15.9 Å². The minimum atomic E-state index is -3.49. The number of amides is 1. The molecule has 4 rings (SSSR count). The molecule has 2 aliphatic rings. The molecule has 0 aromatic heterocycles. The Morgan fingerprint density at radius 1 is 0.966 bits per heavy atom. The van der Waals surface area contributed by atoms with Gasteiger partial charge in [-0.15, -0.1) is 0 Å². The quantitative estimate of drug-likeness (QED) is 0.787. The number of fused-ring (bicyclic) bond motifs is 1. The molecular formula is C21H24ClN3O3S. The minimum Gasteiger partial charge on any atom is -0.325 e. The van der Waals surface area contributed by atoms with Gasteiger partial charge in [0.1, 0.15) is 0 Å². The van der Waals surface area contributed by atoms with Crippen molar-refractivity contribution < 1.29 is 13.2 Å². The fourth-order valence-electron chi connectivity index (χ4n) is 3.92. The highest BCUT2D eigenvalue weighted by Gasteiger charge is 2.29. The number of benzene rings is 2. The van der Waals surface area contributed by atoms with Crippen molar-refractivity contribution in [3.63, 3.8) is 0 Å². The van der Waals surface area contributed by atoms with Crippen molar-refractivity contribution in [1.29, 1.82) is 0 Å². The average Bonchev–Trinajstić information content (AvgIpc) is 3.18. The molecule has 0 atom stereocenters. The Labute approximate surface area is 176 Å². The van der Waals surface area contributed by atoms with Gasteiger partial charge in [-0.05, 0) is 66.8 Å². The van der Waals surface area contributed by atoms with E-state index in [1.807, 2.05) is 17.0 Å². The Bertz CT molecular complexity index is 1000. The minimum absolute atomic E-state index is 0.123. The summed E-state index contributed by atoms with van der Waals surface area (Å²) in [5.74, 6) is -0.123. The van der Waals surface area contributed by atoms with Crippen LogP contribution in [0.5, 0.6) is 0 Å². The number of nitrogens with one attached hydrogen (secondary N) is 1. The molecule has 6 nitrogen and oxygen atoms in total. The molecule has 1 heterocycles. The van der Waals surface area contributed by atoms with Gasteiger partial charge in [0.05, 0.1) is 11.4 Å². The molecule has 0 saturated carbocycles. The second-order valence-corrected chi connectivity index (χ2v) is 9.89. The normalized spacial score (nSPS) is 17.8. The fourth-order valence-corrected chi connectivity index (χ4v) is 5.52. The maximum Gasteiger partial charge on any atom is 0.243 e. The molecule has 1 amide bonds. The van der Waals surface area contributed by atoms with E-state index in [2.05, 4.69) is 5.32 Å². The van der Waals surface area contributed by atoms with Crippen molar-refractivity contribution in [3.8, 4) is 0 Å². The smallest absolute Gasteiger partial charge is 0.243 e. The van der Waals surface area contributed by atoms with Crippen molar-refractivity contribution in [3.05, 3.63) is 58.6 Å². The number of carbonyl (C=O) groups excluding carboxylic acids is 1. The van der Waals surface area contributed by atoms with E-state index in [0.29, 0.717) is 41.8 Å². The van der Waals surface area contributed by atoms with Crippen molar-refractivity contribution in [2.75, 3.05) is 38.0 Å². The Kier molecular flexibility index (Phi) is 5.92. The van der Waals surface area contributed by atoms with Crippen LogP contribution in [0.3, 0.4) is 0 Å². The second kappa shape index (κ2) is 8.44. The van der Waals surface area contributed by atoms with Crippen LogP contribution in [0.25, 0.3) is 0 Å². The molecule has 1 N–H and O–H groups in total. The zero-order chi connectivity index (χ0) is 20.4. The number of hydrogen-bond donors (Lipinski definition) is 1. The van der Waals surface area contributed by atoms with E-state index in [9.17, 15) is 13.2 Å². The van der Waals surface area contributed by atoms with Crippen LogP contribution < -0.4 is 5.32 Å². The van der Waals surface area contributed by atoms with Crippen LogP contribution in [-0.4, -0.2) is 56.3 Å². The lowest BCUT2D eigenvalue weighted by molar-refractivity contribution is -0.117. The Hall–Kier alpha value is -1.93. The number of nitrogens with zero attached hydrogens (tertiary/aromatic N) is 2. The van der Waals surface area contributed by atoms with Crippen molar-refractivity contribution in [2.45, 2.75) is 24.2 Å². The zero-order valence-electron chi connectivity index (χ0n) is 16.1. The van der Waals surface area contributed by atoms with E-state index in [0.717, 1.165) is 24.8 Å². The van der Waals surface area contributed by atoms with Gasteiger partial charge in [-0.1, -0.05) is 17.7 Å². The monoisotopic (exact) mass is 433 g/mol. The predicted molar refractivity (Wildman–Crippen MR) is 114 cm³/mol. The summed E-state index contributed by atoms with van der Waals surface area (Å²) in [6.45, 7) is 2.05. The van der Waals surface area contributed by atoms with E-state index in [-0.39, 0.29) is 12.5 Å². The van der Waals surface area contributed by atoms with E-state index in [1.165, 1.54) is 9.87 Å². The Balaban J connectivity index is 1.32. The molecule has 1 aliphatic heterocycles. The molecule has 29 heavy (non-hydrogen) atoms. The molecule has 1 fully saturated rings. The lowest BCUT2D eigenvalue weighted by Gasteiger charge is -2.33. The first-order valence-electron chi connectivity index (χ1n) is 9.81. The number of halogens is 1. The van der Waals surface area contributed by atoms with Crippen LogP contribution in [0.1, 0.15) is 17.5 Å². The molecule has 2 aromatic rings. The third kappa shape index (κ3) is 4.64. The van der Waals surface area contributed by atoms with Crippen molar-refractivity contribution in [1.82, 2.24) is 9.21 Å². The maximum absolute atomic E-state index is 13.0. The van der Waals surface area contributed by atoms with Gasteiger partial charge in [-0.2, -0.15) is 4.31 Å². The highest BCUT2D eigenvalue weighted by Crippen LogP contribution is 2.26. The zero-order valence-corrected chi connectivity index (χ0v) is 17.7. The highest BCUT2D eigenvalue weighted by atomic mass is 35.5.